The maximum Gasteiger partial charge on any atom is 0.0783 e. The first-order chi connectivity index (χ1) is 8.65. The minimum Gasteiger partial charge on any atom is -0.374 e. The molecule has 2 saturated heterocycles. The Kier molecular flexibility index (Phi) is 5.73. The summed E-state index contributed by atoms with van der Waals surface area (Å²) in [5.74, 6) is 4.55. The second kappa shape index (κ2) is 6.87. The molecule has 0 aromatic rings. The van der Waals surface area contributed by atoms with Gasteiger partial charge in [0.25, 0.3) is 0 Å². The Balaban J connectivity index is 1.89. The first-order valence-corrected chi connectivity index (χ1v) is 9.36. The monoisotopic (exact) mass is 289 g/mol. The van der Waals surface area contributed by atoms with E-state index >= 15 is 0 Å². The zero-order chi connectivity index (χ0) is 13.0. The Morgan fingerprint density at radius 3 is 2.94 bits per heavy atom. The van der Waals surface area contributed by atoms with Crippen LogP contribution in [0.3, 0.4) is 0 Å². The lowest BCUT2D eigenvalue weighted by Crippen LogP contribution is -2.47. The highest BCUT2D eigenvalue weighted by molar-refractivity contribution is 8.00. The van der Waals surface area contributed by atoms with Gasteiger partial charge in [-0.05, 0) is 43.2 Å². The lowest BCUT2D eigenvalue weighted by atomic mass is 9.82. The molecular formula is C14H27NOS2. The smallest absolute Gasteiger partial charge is 0.0783 e. The predicted molar refractivity (Wildman–Crippen MR) is 83.8 cm³/mol. The minimum atomic E-state index is 0.227. The SMILES string of the molecule is CNC(CSC(C)C)C1CCOC2(CCSC2)C1. The van der Waals surface area contributed by atoms with Crippen molar-refractivity contribution in [1.29, 1.82) is 0 Å². The van der Waals surface area contributed by atoms with Gasteiger partial charge < -0.3 is 10.1 Å². The van der Waals surface area contributed by atoms with Crippen LogP contribution < -0.4 is 5.32 Å². The third-order valence-corrected chi connectivity index (χ3v) is 6.59. The highest BCUT2D eigenvalue weighted by Gasteiger charge is 2.42. The van der Waals surface area contributed by atoms with Gasteiger partial charge in [0.15, 0.2) is 0 Å². The average molecular weight is 290 g/mol. The average Bonchev–Trinajstić information content (AvgIpc) is 2.78. The number of ether oxygens (including phenoxy) is 1. The largest absolute Gasteiger partial charge is 0.374 e. The van der Waals surface area contributed by atoms with Crippen molar-refractivity contribution in [3.05, 3.63) is 0 Å². The van der Waals surface area contributed by atoms with Gasteiger partial charge in [0.1, 0.15) is 0 Å². The van der Waals surface area contributed by atoms with Crippen molar-refractivity contribution in [2.45, 2.75) is 50.0 Å². The quantitative estimate of drug-likeness (QED) is 0.839. The maximum atomic E-state index is 6.12. The highest BCUT2D eigenvalue weighted by atomic mass is 32.2. The second-order valence-electron chi connectivity index (χ2n) is 5.86. The molecule has 0 radical (unpaired) electrons. The number of rotatable bonds is 5. The normalized spacial score (nSPS) is 34.3. The Labute approximate surface area is 120 Å². The molecule has 3 unspecified atom stereocenters. The first kappa shape index (κ1) is 15.0. The third kappa shape index (κ3) is 3.81. The van der Waals surface area contributed by atoms with Crippen molar-refractivity contribution in [1.82, 2.24) is 5.32 Å². The molecule has 0 aromatic heterocycles. The predicted octanol–water partition coefficient (Wildman–Crippen LogP) is 3.02. The molecule has 18 heavy (non-hydrogen) atoms. The van der Waals surface area contributed by atoms with Crippen LogP contribution in [-0.4, -0.2) is 47.8 Å². The van der Waals surface area contributed by atoms with Crippen LogP contribution in [0.15, 0.2) is 0 Å². The molecule has 2 rings (SSSR count). The van der Waals surface area contributed by atoms with Crippen LogP contribution in [0.25, 0.3) is 0 Å². The summed E-state index contributed by atoms with van der Waals surface area (Å²) < 4.78 is 6.12. The summed E-state index contributed by atoms with van der Waals surface area (Å²) >= 11 is 4.15. The lowest BCUT2D eigenvalue weighted by Gasteiger charge is -2.41. The summed E-state index contributed by atoms with van der Waals surface area (Å²) in [4.78, 5) is 0. The Morgan fingerprint density at radius 1 is 1.50 bits per heavy atom. The molecule has 0 aromatic carbocycles. The molecule has 0 aliphatic carbocycles. The van der Waals surface area contributed by atoms with Gasteiger partial charge in [-0.15, -0.1) is 0 Å². The van der Waals surface area contributed by atoms with E-state index in [-0.39, 0.29) is 5.60 Å². The van der Waals surface area contributed by atoms with Crippen LogP contribution in [0, 0.1) is 5.92 Å². The molecule has 0 bridgehead atoms. The van der Waals surface area contributed by atoms with E-state index in [1.807, 2.05) is 0 Å². The molecule has 2 fully saturated rings. The zero-order valence-corrected chi connectivity index (χ0v) is 13.5. The van der Waals surface area contributed by atoms with E-state index in [0.717, 1.165) is 17.8 Å². The maximum absolute atomic E-state index is 6.12. The molecular weight excluding hydrogens is 262 g/mol. The number of nitrogens with one attached hydrogen (secondary N) is 1. The Hall–Kier alpha value is 0.620. The number of thioether (sulfide) groups is 2. The fraction of sp³-hybridized carbons (Fsp3) is 1.00. The summed E-state index contributed by atoms with van der Waals surface area (Å²) in [5, 5.41) is 4.28. The molecule has 0 amide bonds. The van der Waals surface area contributed by atoms with E-state index in [0.29, 0.717) is 6.04 Å². The van der Waals surface area contributed by atoms with Crippen LogP contribution in [0.4, 0.5) is 0 Å². The van der Waals surface area contributed by atoms with E-state index in [2.05, 4.69) is 49.7 Å². The molecule has 2 aliphatic heterocycles. The summed E-state index contributed by atoms with van der Waals surface area (Å²) in [7, 11) is 2.12. The number of hydrogen-bond acceptors (Lipinski definition) is 4. The molecule has 1 N–H and O–H groups in total. The fourth-order valence-corrected chi connectivity index (χ4v) is 5.43. The van der Waals surface area contributed by atoms with E-state index in [1.54, 1.807) is 0 Å². The van der Waals surface area contributed by atoms with Gasteiger partial charge in [-0.2, -0.15) is 23.5 Å². The zero-order valence-electron chi connectivity index (χ0n) is 11.9. The van der Waals surface area contributed by atoms with Crippen molar-refractivity contribution >= 4 is 23.5 Å². The van der Waals surface area contributed by atoms with Gasteiger partial charge in [0, 0.05) is 24.2 Å². The summed E-state index contributed by atoms with van der Waals surface area (Å²) in [6.45, 7) is 5.54. The van der Waals surface area contributed by atoms with Crippen molar-refractivity contribution in [3.63, 3.8) is 0 Å². The second-order valence-corrected chi connectivity index (χ2v) is 8.58. The third-order valence-electron chi connectivity index (χ3n) is 4.15. The van der Waals surface area contributed by atoms with Crippen molar-refractivity contribution in [2.24, 2.45) is 5.92 Å². The lowest BCUT2D eigenvalue weighted by molar-refractivity contribution is -0.0835. The van der Waals surface area contributed by atoms with E-state index < -0.39 is 0 Å². The molecule has 1 spiro atoms. The van der Waals surface area contributed by atoms with Gasteiger partial charge in [0.05, 0.1) is 5.60 Å². The molecule has 4 heteroatoms. The summed E-state index contributed by atoms with van der Waals surface area (Å²) in [5.41, 5.74) is 0.227. The highest BCUT2D eigenvalue weighted by Crippen LogP contribution is 2.41. The molecule has 3 atom stereocenters. The minimum absolute atomic E-state index is 0.227. The molecule has 0 saturated carbocycles. The topological polar surface area (TPSA) is 21.3 Å². The Morgan fingerprint density at radius 2 is 2.33 bits per heavy atom. The number of hydrogen-bond donors (Lipinski definition) is 1. The van der Waals surface area contributed by atoms with Crippen molar-refractivity contribution in [2.75, 3.05) is 30.9 Å². The molecule has 106 valence electrons. The van der Waals surface area contributed by atoms with Crippen molar-refractivity contribution in [3.8, 4) is 0 Å². The van der Waals surface area contributed by atoms with E-state index in [9.17, 15) is 0 Å². The van der Waals surface area contributed by atoms with Crippen LogP contribution in [-0.2, 0) is 4.74 Å². The molecule has 2 aliphatic rings. The van der Waals surface area contributed by atoms with Gasteiger partial charge in [-0.1, -0.05) is 13.8 Å². The first-order valence-electron chi connectivity index (χ1n) is 7.16. The standard InChI is InChI=1S/C14H27NOS2/c1-11(2)18-9-13(15-3)12-4-6-16-14(8-12)5-7-17-10-14/h11-13,15H,4-10H2,1-3H3. The summed E-state index contributed by atoms with van der Waals surface area (Å²) in [6, 6.07) is 0.656. The van der Waals surface area contributed by atoms with Crippen LogP contribution >= 0.6 is 23.5 Å². The Bertz CT molecular complexity index is 254. The van der Waals surface area contributed by atoms with Gasteiger partial charge in [-0.3, -0.25) is 0 Å². The van der Waals surface area contributed by atoms with Gasteiger partial charge >= 0.3 is 0 Å². The van der Waals surface area contributed by atoms with Gasteiger partial charge in [-0.25, -0.2) is 0 Å². The van der Waals surface area contributed by atoms with E-state index in [1.165, 1.54) is 36.5 Å². The molecule has 2 nitrogen and oxygen atoms in total. The van der Waals surface area contributed by atoms with Gasteiger partial charge in [0.2, 0.25) is 0 Å². The van der Waals surface area contributed by atoms with E-state index in [4.69, 9.17) is 4.74 Å². The van der Waals surface area contributed by atoms with Crippen molar-refractivity contribution < 1.29 is 4.74 Å². The summed E-state index contributed by atoms with van der Waals surface area (Å²) in [6.07, 6.45) is 3.77. The van der Waals surface area contributed by atoms with Crippen LogP contribution in [0.1, 0.15) is 33.1 Å². The van der Waals surface area contributed by atoms with Crippen LogP contribution in [0.2, 0.25) is 0 Å². The van der Waals surface area contributed by atoms with Crippen LogP contribution in [0.5, 0.6) is 0 Å². The fourth-order valence-electron chi connectivity index (χ4n) is 3.02. The molecule has 2 heterocycles.